The van der Waals surface area contributed by atoms with Gasteiger partial charge in [0.1, 0.15) is 0 Å². The fourth-order valence-corrected chi connectivity index (χ4v) is 4.16. The Bertz CT molecular complexity index is 1080. The second kappa shape index (κ2) is 11.5. The molecule has 0 amide bonds. The molecule has 0 spiro atoms. The molecule has 1 aromatic heterocycles. The van der Waals surface area contributed by atoms with Gasteiger partial charge in [-0.2, -0.15) is 0 Å². The molecule has 2 N–H and O–H groups in total. The Balaban J connectivity index is 1.85. The molecule has 2 aromatic carbocycles. The van der Waals surface area contributed by atoms with Crippen LogP contribution in [0.4, 0.5) is 0 Å². The summed E-state index contributed by atoms with van der Waals surface area (Å²) in [5.74, 6) is -0.926. The van der Waals surface area contributed by atoms with Crippen LogP contribution in [0, 0.1) is 0 Å². The lowest BCUT2D eigenvalue weighted by atomic mass is 9.97. The minimum absolute atomic E-state index is 0.00838. The number of aromatic amines is 1. The molecule has 0 atom stereocenters. The van der Waals surface area contributed by atoms with E-state index in [0.29, 0.717) is 17.5 Å². The average molecular weight is 435 g/mol. The molecule has 3 aromatic rings. The van der Waals surface area contributed by atoms with Gasteiger partial charge in [-0.1, -0.05) is 82.0 Å². The number of nitrogens with one attached hydrogen (secondary N) is 1. The summed E-state index contributed by atoms with van der Waals surface area (Å²) in [6.07, 6.45) is 8.27. The largest absolute Gasteiger partial charge is 0.478 e. The number of benzene rings is 2. The molecule has 0 fully saturated rings. The highest BCUT2D eigenvalue weighted by molar-refractivity contribution is 5.95. The van der Waals surface area contributed by atoms with E-state index in [1.807, 2.05) is 41.0 Å². The molecule has 0 unspecified atom stereocenters. The van der Waals surface area contributed by atoms with Crippen LogP contribution in [-0.2, 0) is 19.4 Å². The van der Waals surface area contributed by atoms with Crippen LogP contribution in [0.2, 0.25) is 0 Å². The van der Waals surface area contributed by atoms with Crippen LogP contribution in [0.25, 0.3) is 11.1 Å². The van der Waals surface area contributed by atoms with Crippen LogP contribution in [0.1, 0.15) is 79.7 Å². The van der Waals surface area contributed by atoms with Gasteiger partial charge in [0.2, 0.25) is 0 Å². The van der Waals surface area contributed by atoms with Gasteiger partial charge in [-0.3, -0.25) is 4.57 Å². The van der Waals surface area contributed by atoms with E-state index >= 15 is 0 Å². The van der Waals surface area contributed by atoms with Crippen molar-refractivity contribution in [2.45, 2.75) is 71.8 Å². The maximum Gasteiger partial charge on any atom is 0.336 e. The maximum absolute atomic E-state index is 12.6. The molecule has 3 rings (SSSR count). The van der Waals surface area contributed by atoms with Crippen LogP contribution in [0.5, 0.6) is 0 Å². The molecule has 0 aliphatic heterocycles. The fraction of sp³-hybridized carbons (Fsp3) is 0.407. The Morgan fingerprint density at radius 2 is 1.66 bits per heavy atom. The minimum Gasteiger partial charge on any atom is -0.478 e. The molecule has 0 aliphatic rings. The number of unbranched alkanes of at least 4 members (excludes halogenated alkanes) is 4. The Morgan fingerprint density at radius 3 is 2.34 bits per heavy atom. The molecule has 1 heterocycles. The zero-order valence-corrected chi connectivity index (χ0v) is 19.2. The lowest BCUT2D eigenvalue weighted by Gasteiger charge is -2.11. The number of imidazole rings is 1. The average Bonchev–Trinajstić information content (AvgIpc) is 3.09. The fourth-order valence-electron chi connectivity index (χ4n) is 4.16. The summed E-state index contributed by atoms with van der Waals surface area (Å²) >= 11 is 0. The second-order valence-corrected chi connectivity index (χ2v) is 8.40. The highest BCUT2D eigenvalue weighted by Crippen LogP contribution is 2.25. The number of hydrogen-bond donors (Lipinski definition) is 2. The van der Waals surface area contributed by atoms with Crippen molar-refractivity contribution < 1.29 is 9.90 Å². The smallest absolute Gasteiger partial charge is 0.336 e. The SMILES string of the molecule is CCCCCCc1[nH]c(=O)n(CCCC)c1Cc1ccc(-c2ccccc2C(=O)O)cc1. The van der Waals surface area contributed by atoms with Gasteiger partial charge in [-0.25, -0.2) is 9.59 Å². The van der Waals surface area contributed by atoms with Gasteiger partial charge in [0.05, 0.1) is 5.56 Å². The van der Waals surface area contributed by atoms with E-state index in [1.54, 1.807) is 12.1 Å². The van der Waals surface area contributed by atoms with Gasteiger partial charge < -0.3 is 10.1 Å². The summed E-state index contributed by atoms with van der Waals surface area (Å²) in [4.78, 5) is 27.3. The normalized spacial score (nSPS) is 11.1. The van der Waals surface area contributed by atoms with E-state index in [1.165, 1.54) is 19.3 Å². The van der Waals surface area contributed by atoms with Crippen LogP contribution in [0.3, 0.4) is 0 Å². The van der Waals surface area contributed by atoms with E-state index in [0.717, 1.165) is 54.7 Å². The molecule has 0 radical (unpaired) electrons. The van der Waals surface area contributed by atoms with Gasteiger partial charge in [0.15, 0.2) is 0 Å². The van der Waals surface area contributed by atoms with E-state index in [2.05, 4.69) is 18.8 Å². The van der Waals surface area contributed by atoms with Crippen molar-refractivity contribution >= 4 is 5.97 Å². The molecule has 5 nitrogen and oxygen atoms in total. The maximum atomic E-state index is 12.6. The first-order valence-corrected chi connectivity index (χ1v) is 11.8. The first-order valence-electron chi connectivity index (χ1n) is 11.8. The molecule has 32 heavy (non-hydrogen) atoms. The number of nitrogens with zero attached hydrogens (tertiary/aromatic N) is 1. The Hall–Kier alpha value is -3.08. The standard InChI is InChI=1S/C27H34N2O3/c1-3-5-7-8-13-24-25(29(18-6-4-2)27(32)28-24)19-20-14-16-21(17-15-20)22-11-9-10-12-23(22)26(30)31/h9-12,14-17H,3-8,13,18-19H2,1-2H3,(H,28,32)(H,30,31). The van der Waals surface area contributed by atoms with Crippen molar-refractivity contribution in [2.24, 2.45) is 0 Å². The number of aromatic nitrogens is 2. The molecule has 170 valence electrons. The predicted octanol–water partition coefficient (Wildman–Crippen LogP) is 6.06. The third kappa shape index (κ3) is 5.78. The number of aryl methyl sites for hydroxylation is 1. The van der Waals surface area contributed by atoms with Crippen molar-refractivity contribution in [2.75, 3.05) is 0 Å². The third-order valence-corrected chi connectivity index (χ3v) is 5.99. The Kier molecular flexibility index (Phi) is 8.48. The molecule has 0 aliphatic carbocycles. The first kappa shape index (κ1) is 23.6. The predicted molar refractivity (Wildman–Crippen MR) is 129 cm³/mol. The minimum atomic E-state index is -0.926. The number of hydrogen-bond acceptors (Lipinski definition) is 2. The molecule has 0 bridgehead atoms. The van der Waals surface area contributed by atoms with Gasteiger partial charge >= 0.3 is 11.7 Å². The van der Waals surface area contributed by atoms with Crippen molar-refractivity contribution in [3.8, 4) is 11.1 Å². The molecule has 0 saturated carbocycles. The van der Waals surface area contributed by atoms with Gasteiger partial charge in [-0.05, 0) is 42.0 Å². The van der Waals surface area contributed by atoms with Crippen LogP contribution >= 0.6 is 0 Å². The summed E-state index contributed by atoms with van der Waals surface area (Å²) in [6, 6.07) is 15.1. The number of carboxylic acid groups (broad SMARTS) is 1. The summed E-state index contributed by atoms with van der Waals surface area (Å²) in [5.41, 5.74) is 5.13. The first-order chi connectivity index (χ1) is 15.5. The lowest BCUT2D eigenvalue weighted by molar-refractivity contribution is 0.0697. The van der Waals surface area contributed by atoms with Crippen LogP contribution in [-0.4, -0.2) is 20.6 Å². The lowest BCUT2D eigenvalue weighted by Crippen LogP contribution is -2.19. The summed E-state index contributed by atoms with van der Waals surface area (Å²) in [5, 5.41) is 9.48. The number of aromatic carboxylic acids is 1. The summed E-state index contributed by atoms with van der Waals surface area (Å²) < 4.78 is 1.91. The summed E-state index contributed by atoms with van der Waals surface area (Å²) in [7, 11) is 0. The second-order valence-electron chi connectivity index (χ2n) is 8.40. The zero-order chi connectivity index (χ0) is 22.9. The van der Waals surface area contributed by atoms with Crippen LogP contribution < -0.4 is 5.69 Å². The Morgan fingerprint density at radius 1 is 0.938 bits per heavy atom. The van der Waals surface area contributed by atoms with Crippen molar-refractivity contribution in [3.05, 3.63) is 81.5 Å². The number of carboxylic acids is 1. The van der Waals surface area contributed by atoms with Crippen molar-refractivity contribution in [1.29, 1.82) is 0 Å². The van der Waals surface area contributed by atoms with E-state index in [4.69, 9.17) is 0 Å². The van der Waals surface area contributed by atoms with Gasteiger partial charge in [-0.15, -0.1) is 0 Å². The number of H-pyrrole nitrogens is 1. The van der Waals surface area contributed by atoms with Crippen LogP contribution in [0.15, 0.2) is 53.3 Å². The Labute approximate surface area is 190 Å². The summed E-state index contributed by atoms with van der Waals surface area (Å²) in [6.45, 7) is 5.07. The van der Waals surface area contributed by atoms with E-state index in [9.17, 15) is 14.7 Å². The third-order valence-electron chi connectivity index (χ3n) is 5.99. The van der Waals surface area contributed by atoms with Crippen molar-refractivity contribution in [3.63, 3.8) is 0 Å². The number of rotatable bonds is 12. The van der Waals surface area contributed by atoms with Gasteiger partial charge in [0, 0.05) is 24.4 Å². The quantitative estimate of drug-likeness (QED) is 0.340. The molecule has 5 heteroatoms. The van der Waals surface area contributed by atoms with Gasteiger partial charge in [0.25, 0.3) is 0 Å². The zero-order valence-electron chi connectivity index (χ0n) is 19.2. The highest BCUT2D eigenvalue weighted by atomic mass is 16.4. The molecule has 0 saturated heterocycles. The van der Waals surface area contributed by atoms with E-state index < -0.39 is 5.97 Å². The van der Waals surface area contributed by atoms with E-state index in [-0.39, 0.29) is 5.69 Å². The highest BCUT2D eigenvalue weighted by Gasteiger charge is 2.15. The monoisotopic (exact) mass is 434 g/mol. The topological polar surface area (TPSA) is 75.1 Å². The van der Waals surface area contributed by atoms with Crippen molar-refractivity contribution in [1.82, 2.24) is 9.55 Å². The number of carbonyl (C=O) groups is 1. The molecular formula is C27H34N2O3. The molecular weight excluding hydrogens is 400 g/mol.